The third kappa shape index (κ3) is 7.05. The zero-order chi connectivity index (χ0) is 30.6. The average molecular weight is 608 g/mol. The monoisotopic (exact) mass is 607 g/mol. The molecule has 12 heteroatoms. The van der Waals surface area contributed by atoms with Gasteiger partial charge in [0.2, 0.25) is 0 Å². The van der Waals surface area contributed by atoms with Crippen LogP contribution in [-0.2, 0) is 26.2 Å². The van der Waals surface area contributed by atoms with Gasteiger partial charge in [-0.1, -0.05) is 24.3 Å². The third-order valence-corrected chi connectivity index (χ3v) is 10.3. The molecule has 1 amide bonds. The Morgan fingerprint density at radius 3 is 2.40 bits per heavy atom. The summed E-state index contributed by atoms with van der Waals surface area (Å²) in [6.07, 6.45) is 0.399. The number of likely N-dealkylation sites (tertiary alicyclic amines) is 1. The molecule has 0 spiro atoms. The van der Waals surface area contributed by atoms with Gasteiger partial charge in [-0.25, -0.2) is 9.18 Å². The van der Waals surface area contributed by atoms with Gasteiger partial charge < -0.3 is 19.3 Å². The van der Waals surface area contributed by atoms with Gasteiger partial charge in [0.1, 0.15) is 11.6 Å². The minimum absolute atomic E-state index is 0.0637. The maximum absolute atomic E-state index is 13.8. The molecule has 2 aliphatic rings. The van der Waals surface area contributed by atoms with Crippen molar-refractivity contribution in [3.63, 3.8) is 0 Å². The van der Waals surface area contributed by atoms with Crippen LogP contribution in [0.1, 0.15) is 49.7 Å². The molecular formula is C30H42FN3O7S. The normalized spacial score (nSPS) is 26.5. The van der Waals surface area contributed by atoms with E-state index >= 15 is 0 Å². The zero-order valence-electron chi connectivity index (χ0n) is 24.9. The quantitative estimate of drug-likeness (QED) is 0.438. The second-order valence-corrected chi connectivity index (χ2v) is 13.4. The number of carbonyl (C=O) groups is 1. The molecule has 1 aliphatic carbocycles. The van der Waals surface area contributed by atoms with Gasteiger partial charge in [0.15, 0.2) is 0 Å². The smallest absolute Gasteiger partial charge is 0.410 e. The van der Waals surface area contributed by atoms with E-state index in [1.54, 1.807) is 30.2 Å². The molecule has 1 N–H and O–H groups in total. The first-order valence-corrected chi connectivity index (χ1v) is 15.6. The Morgan fingerprint density at radius 1 is 1.10 bits per heavy atom. The fraction of sp³-hybridized carbons (Fsp3) is 0.567. The van der Waals surface area contributed by atoms with Gasteiger partial charge >= 0.3 is 6.09 Å². The van der Waals surface area contributed by atoms with Crippen molar-refractivity contribution in [2.75, 3.05) is 34.9 Å². The van der Waals surface area contributed by atoms with Crippen molar-refractivity contribution in [2.24, 2.45) is 0 Å². The fourth-order valence-electron chi connectivity index (χ4n) is 6.17. The molecule has 0 radical (unpaired) electrons. The van der Waals surface area contributed by atoms with Crippen molar-refractivity contribution in [3.8, 4) is 5.75 Å². The highest BCUT2D eigenvalue weighted by Crippen LogP contribution is 2.37. The van der Waals surface area contributed by atoms with Gasteiger partial charge in [-0.15, -0.1) is 0 Å². The van der Waals surface area contributed by atoms with E-state index < -0.39 is 34.5 Å². The van der Waals surface area contributed by atoms with Crippen LogP contribution in [0.2, 0.25) is 0 Å². The summed E-state index contributed by atoms with van der Waals surface area (Å²) in [6.45, 7) is 2.02. The number of amides is 1. The lowest BCUT2D eigenvalue weighted by molar-refractivity contribution is -0.0447. The van der Waals surface area contributed by atoms with Gasteiger partial charge in [0, 0.05) is 39.0 Å². The van der Waals surface area contributed by atoms with E-state index in [2.05, 4.69) is 0 Å². The first-order chi connectivity index (χ1) is 20.0. The van der Waals surface area contributed by atoms with E-state index in [-0.39, 0.29) is 37.0 Å². The predicted octanol–water partition coefficient (Wildman–Crippen LogP) is 3.75. The number of hydrogen-bond donors (Lipinski definition) is 1. The second kappa shape index (κ2) is 13.7. The van der Waals surface area contributed by atoms with Crippen LogP contribution >= 0.6 is 0 Å². The Labute approximate surface area is 248 Å². The summed E-state index contributed by atoms with van der Waals surface area (Å²) in [4.78, 5) is 14.5. The van der Waals surface area contributed by atoms with Crippen LogP contribution in [0.4, 0.5) is 9.18 Å². The molecule has 0 aromatic heterocycles. The number of nitrogens with zero attached hydrogens (tertiary/aromatic N) is 3. The fourth-order valence-corrected chi connectivity index (χ4v) is 7.47. The van der Waals surface area contributed by atoms with Gasteiger partial charge in [-0.2, -0.15) is 17.0 Å². The summed E-state index contributed by atoms with van der Waals surface area (Å²) in [7, 11) is 1.92. The van der Waals surface area contributed by atoms with Crippen molar-refractivity contribution in [1.29, 1.82) is 0 Å². The zero-order valence-corrected chi connectivity index (χ0v) is 25.7. The van der Waals surface area contributed by atoms with Crippen molar-refractivity contribution in [2.45, 2.75) is 75.4 Å². The standard InChI is InChI=1S/C30H42FN3O7S/c1-20-15-27(33(42(37,38)32(2)3)18-21-9-11-24(39-4)12-10-21)28(34(20)30(36)40-5)19-41-25-13-14-26(29(35)17-25)22-7-6-8-23(31)16-22/h6-12,16,20,25-29,35H,13-15,17-19H2,1-5H3/t20-,25+,26?,27+,28+,29?/m1/s1. The molecule has 42 heavy (non-hydrogen) atoms. The summed E-state index contributed by atoms with van der Waals surface area (Å²) in [5, 5.41) is 10.9. The lowest BCUT2D eigenvalue weighted by atomic mass is 9.80. The second-order valence-electron chi connectivity index (χ2n) is 11.3. The molecule has 232 valence electrons. The molecule has 10 nitrogen and oxygen atoms in total. The van der Waals surface area contributed by atoms with Crippen LogP contribution in [0, 0.1) is 5.82 Å². The number of methoxy groups -OCH3 is 2. The number of rotatable bonds is 10. The topological polar surface area (TPSA) is 109 Å². The minimum atomic E-state index is -3.91. The average Bonchev–Trinajstić information content (AvgIpc) is 3.29. The molecule has 1 heterocycles. The maximum atomic E-state index is 13.8. The summed E-state index contributed by atoms with van der Waals surface area (Å²) in [5.41, 5.74) is 1.52. The molecule has 4 rings (SSSR count). The molecule has 1 aliphatic heterocycles. The molecular weight excluding hydrogens is 565 g/mol. The molecule has 6 atom stereocenters. The van der Waals surface area contributed by atoms with Crippen molar-refractivity contribution in [1.82, 2.24) is 13.5 Å². The molecule has 2 aromatic carbocycles. The Balaban J connectivity index is 1.56. The van der Waals surface area contributed by atoms with Crippen LogP contribution < -0.4 is 4.74 Å². The highest BCUT2D eigenvalue weighted by molar-refractivity contribution is 7.86. The van der Waals surface area contributed by atoms with Crippen LogP contribution in [0.25, 0.3) is 0 Å². The van der Waals surface area contributed by atoms with E-state index in [1.807, 2.05) is 25.1 Å². The Hall–Kier alpha value is -2.77. The first kappa shape index (κ1) is 32.2. The van der Waals surface area contributed by atoms with Crippen molar-refractivity contribution < 1.29 is 36.9 Å². The SMILES string of the molecule is COC(=O)N1[C@H](C)C[C@H](N(Cc2ccc(OC)cc2)S(=O)(=O)N(C)C)[C@@H]1CO[C@H]1CCC(c2cccc(F)c2)C(O)C1. The summed E-state index contributed by atoms with van der Waals surface area (Å²) in [6, 6.07) is 12.0. The predicted molar refractivity (Wildman–Crippen MR) is 156 cm³/mol. The Kier molecular flexibility index (Phi) is 10.5. The number of aliphatic hydroxyl groups is 1. The van der Waals surface area contributed by atoms with E-state index in [9.17, 15) is 22.7 Å². The van der Waals surface area contributed by atoms with E-state index in [0.29, 0.717) is 31.4 Å². The molecule has 1 saturated carbocycles. The lowest BCUT2D eigenvalue weighted by Gasteiger charge is -2.38. The number of halogens is 1. The van der Waals surface area contributed by atoms with Crippen molar-refractivity contribution in [3.05, 3.63) is 65.5 Å². The molecule has 0 bridgehead atoms. The molecule has 2 aromatic rings. The van der Waals surface area contributed by atoms with Crippen LogP contribution in [0.5, 0.6) is 5.75 Å². The highest BCUT2D eigenvalue weighted by Gasteiger charge is 2.49. The number of carbonyl (C=O) groups excluding carboxylic acids is 1. The minimum Gasteiger partial charge on any atom is -0.497 e. The summed E-state index contributed by atoms with van der Waals surface area (Å²) >= 11 is 0. The summed E-state index contributed by atoms with van der Waals surface area (Å²) < 4.78 is 60.4. The number of aliphatic hydroxyl groups excluding tert-OH is 1. The van der Waals surface area contributed by atoms with Gasteiger partial charge in [-0.3, -0.25) is 4.90 Å². The largest absolute Gasteiger partial charge is 0.497 e. The number of benzene rings is 2. The van der Waals surface area contributed by atoms with Gasteiger partial charge in [0.25, 0.3) is 10.2 Å². The molecule has 2 unspecified atom stereocenters. The van der Waals surface area contributed by atoms with Gasteiger partial charge in [0.05, 0.1) is 45.1 Å². The van der Waals surface area contributed by atoms with E-state index in [4.69, 9.17) is 14.2 Å². The van der Waals surface area contributed by atoms with E-state index in [1.165, 1.54) is 41.9 Å². The van der Waals surface area contributed by atoms with Crippen LogP contribution in [0.3, 0.4) is 0 Å². The third-order valence-electron chi connectivity index (χ3n) is 8.42. The van der Waals surface area contributed by atoms with Gasteiger partial charge in [-0.05, 0) is 61.6 Å². The van der Waals surface area contributed by atoms with Crippen LogP contribution in [0.15, 0.2) is 48.5 Å². The van der Waals surface area contributed by atoms with E-state index in [0.717, 1.165) is 11.1 Å². The first-order valence-electron chi connectivity index (χ1n) is 14.2. The highest BCUT2D eigenvalue weighted by atomic mass is 32.2. The maximum Gasteiger partial charge on any atom is 0.410 e. The Morgan fingerprint density at radius 2 is 1.81 bits per heavy atom. The van der Waals surface area contributed by atoms with Crippen molar-refractivity contribution >= 4 is 16.3 Å². The number of ether oxygens (including phenoxy) is 3. The molecule has 2 fully saturated rings. The number of hydrogen-bond acceptors (Lipinski definition) is 7. The lowest BCUT2D eigenvalue weighted by Crippen LogP contribution is -2.54. The molecule has 1 saturated heterocycles. The summed E-state index contributed by atoms with van der Waals surface area (Å²) in [5.74, 6) is 0.124. The van der Waals surface area contributed by atoms with Crippen LogP contribution in [-0.4, -0.2) is 98.4 Å². The Bertz CT molecular complexity index is 1310.